The zero-order valence-corrected chi connectivity index (χ0v) is 20.9. The van der Waals surface area contributed by atoms with Crippen molar-refractivity contribution in [3.8, 4) is 22.8 Å². The predicted octanol–water partition coefficient (Wildman–Crippen LogP) is 8.17. The van der Waals surface area contributed by atoms with Crippen LogP contribution < -0.4 is 9.30 Å². The first-order valence-electron chi connectivity index (χ1n) is 13.1. The molecule has 1 aliphatic heterocycles. The maximum Gasteiger partial charge on any atom is 0.228 e. The minimum Gasteiger partial charge on any atom is -0.455 e. The summed E-state index contributed by atoms with van der Waals surface area (Å²) < 4.78 is 15.6. The first-order chi connectivity index (χ1) is 17.0. The largest absolute Gasteiger partial charge is 0.455 e. The number of rotatable bonds is 1. The van der Waals surface area contributed by atoms with Gasteiger partial charge in [-0.3, -0.25) is 0 Å². The fraction of sp³-hybridized carbons (Fsp3) is 0.344. The number of nitrogens with zero attached hydrogens (tertiary/aromatic N) is 1. The number of hydrogen-bond donors (Lipinski definition) is 0. The van der Waals surface area contributed by atoms with Crippen molar-refractivity contribution in [1.82, 2.24) is 0 Å². The Morgan fingerprint density at radius 3 is 2.57 bits per heavy atom. The molecule has 3 heteroatoms. The Bertz CT molecular complexity index is 1740. The van der Waals surface area contributed by atoms with E-state index < -0.39 is 0 Å². The average Bonchev–Trinajstić information content (AvgIpc) is 3.58. The van der Waals surface area contributed by atoms with Crippen LogP contribution in [0.2, 0.25) is 0 Å². The van der Waals surface area contributed by atoms with Crippen molar-refractivity contribution >= 4 is 32.7 Å². The lowest BCUT2D eigenvalue weighted by molar-refractivity contribution is -0.659. The molecule has 3 nitrogen and oxygen atoms in total. The lowest BCUT2D eigenvalue weighted by Crippen LogP contribution is -2.32. The van der Waals surface area contributed by atoms with Gasteiger partial charge in [-0.25, -0.2) is 4.57 Å². The van der Waals surface area contributed by atoms with Gasteiger partial charge in [-0.15, -0.1) is 0 Å². The Hall–Kier alpha value is -3.33. The maximum atomic E-state index is 6.68. The molecule has 8 rings (SSSR count). The molecule has 3 aliphatic rings. The van der Waals surface area contributed by atoms with Crippen molar-refractivity contribution in [3.05, 3.63) is 64.8 Å². The Balaban J connectivity index is 1.41. The van der Waals surface area contributed by atoms with Crippen LogP contribution in [0.3, 0.4) is 0 Å². The van der Waals surface area contributed by atoms with Gasteiger partial charge in [-0.05, 0) is 92.2 Å². The van der Waals surface area contributed by atoms with Crippen molar-refractivity contribution in [1.29, 1.82) is 0 Å². The van der Waals surface area contributed by atoms with E-state index in [2.05, 4.69) is 75.0 Å². The van der Waals surface area contributed by atoms with E-state index in [9.17, 15) is 0 Å². The number of ether oxygens (including phenoxy) is 1. The average molecular weight is 461 g/mol. The highest BCUT2D eigenvalue weighted by Gasteiger charge is 2.40. The number of fused-ring (bicyclic) bond motifs is 8. The highest BCUT2D eigenvalue weighted by molar-refractivity contribution is 6.19. The van der Waals surface area contributed by atoms with Crippen molar-refractivity contribution in [3.63, 3.8) is 0 Å². The van der Waals surface area contributed by atoms with Crippen LogP contribution in [0, 0.1) is 32.6 Å². The van der Waals surface area contributed by atoms with E-state index in [0.717, 1.165) is 50.7 Å². The van der Waals surface area contributed by atoms with Gasteiger partial charge in [0.1, 0.15) is 35.1 Å². The Kier molecular flexibility index (Phi) is 3.79. The molecule has 0 N–H and O–H groups in total. The maximum absolute atomic E-state index is 6.68. The summed E-state index contributed by atoms with van der Waals surface area (Å²) in [7, 11) is 2.13. The molecular weight excluding hydrogens is 430 g/mol. The molecule has 2 bridgehead atoms. The van der Waals surface area contributed by atoms with Gasteiger partial charge in [0.2, 0.25) is 5.69 Å². The Morgan fingerprint density at radius 2 is 1.77 bits per heavy atom. The standard InChI is InChI=1S/C32H30NO2/c1-16-11-17(2)31-28(18(16)3)30-29-23(9-10-33(30)4)32-25(15-27(29)35-31)22-8-7-21(14-26(22)34-32)24-13-19-5-6-20(24)12-19/h7-11,14-15,19-20,24H,5-6,12-13H2,1-4H3/q+1. The second-order valence-corrected chi connectivity index (χ2v) is 11.4. The Labute approximate surface area is 205 Å². The summed E-state index contributed by atoms with van der Waals surface area (Å²) >= 11 is 0. The van der Waals surface area contributed by atoms with Gasteiger partial charge in [0, 0.05) is 22.2 Å². The molecule has 2 aromatic heterocycles. The summed E-state index contributed by atoms with van der Waals surface area (Å²) in [5, 5.41) is 4.61. The monoisotopic (exact) mass is 460 g/mol. The van der Waals surface area contributed by atoms with E-state index in [1.165, 1.54) is 64.6 Å². The summed E-state index contributed by atoms with van der Waals surface area (Å²) in [5.41, 5.74) is 9.62. The SMILES string of the molecule is Cc1cc(C)c2c(c1C)-c1c3c(cc4c5ccc(C6CC7CCC6C7)cc5oc4c3cc[n+]1C)O2. The van der Waals surface area contributed by atoms with Crippen LogP contribution in [-0.4, -0.2) is 0 Å². The summed E-state index contributed by atoms with van der Waals surface area (Å²) in [6.07, 6.45) is 7.78. The first kappa shape index (κ1) is 19.9. The first-order valence-corrected chi connectivity index (χ1v) is 13.1. The van der Waals surface area contributed by atoms with Crippen molar-refractivity contribution in [2.24, 2.45) is 18.9 Å². The lowest BCUT2D eigenvalue weighted by atomic mass is 9.83. The molecule has 0 saturated heterocycles. The third kappa shape index (κ3) is 2.54. The molecule has 0 spiro atoms. The highest BCUT2D eigenvalue weighted by Crippen LogP contribution is 2.54. The molecule has 5 aromatic rings. The van der Waals surface area contributed by atoms with E-state index in [-0.39, 0.29) is 0 Å². The van der Waals surface area contributed by atoms with Crippen LogP contribution >= 0.6 is 0 Å². The Morgan fingerprint density at radius 1 is 0.886 bits per heavy atom. The molecule has 2 aliphatic carbocycles. The summed E-state index contributed by atoms with van der Waals surface area (Å²) in [6.45, 7) is 6.55. The second kappa shape index (κ2) is 6.66. The fourth-order valence-electron chi connectivity index (χ4n) is 7.62. The molecule has 3 aromatic carbocycles. The molecule has 3 unspecified atom stereocenters. The zero-order valence-electron chi connectivity index (χ0n) is 20.9. The van der Waals surface area contributed by atoms with E-state index in [1.54, 1.807) is 0 Å². The van der Waals surface area contributed by atoms with Crippen LogP contribution in [0.5, 0.6) is 11.5 Å². The molecule has 3 heterocycles. The predicted molar refractivity (Wildman–Crippen MR) is 140 cm³/mol. The van der Waals surface area contributed by atoms with Crippen LogP contribution in [0.25, 0.3) is 44.0 Å². The molecule has 2 saturated carbocycles. The van der Waals surface area contributed by atoms with Gasteiger partial charge in [0.15, 0.2) is 6.20 Å². The number of pyridine rings is 1. The van der Waals surface area contributed by atoms with E-state index >= 15 is 0 Å². The van der Waals surface area contributed by atoms with Crippen LogP contribution in [0.1, 0.15) is 53.9 Å². The van der Waals surface area contributed by atoms with Gasteiger partial charge < -0.3 is 9.15 Å². The van der Waals surface area contributed by atoms with Crippen molar-refractivity contribution < 1.29 is 13.7 Å². The van der Waals surface area contributed by atoms with Crippen LogP contribution in [-0.2, 0) is 7.05 Å². The zero-order chi connectivity index (χ0) is 23.6. The van der Waals surface area contributed by atoms with Gasteiger partial charge in [0.25, 0.3) is 0 Å². The van der Waals surface area contributed by atoms with Crippen LogP contribution in [0.15, 0.2) is 47.0 Å². The molecular formula is C32H30NO2+. The minimum atomic E-state index is 0.707. The van der Waals surface area contributed by atoms with Gasteiger partial charge in [-0.1, -0.05) is 24.6 Å². The lowest BCUT2D eigenvalue weighted by Gasteiger charge is -2.23. The third-order valence-corrected chi connectivity index (χ3v) is 9.44. The molecule has 35 heavy (non-hydrogen) atoms. The number of aromatic nitrogens is 1. The molecule has 3 atom stereocenters. The summed E-state index contributed by atoms with van der Waals surface area (Å²) in [5.74, 6) is 4.43. The van der Waals surface area contributed by atoms with Gasteiger partial charge >= 0.3 is 0 Å². The van der Waals surface area contributed by atoms with Gasteiger partial charge in [0.05, 0.1) is 5.56 Å². The normalized spacial score (nSPS) is 22.3. The van der Waals surface area contributed by atoms with E-state index in [0.29, 0.717) is 5.92 Å². The molecule has 0 radical (unpaired) electrons. The van der Waals surface area contributed by atoms with Crippen molar-refractivity contribution in [2.75, 3.05) is 0 Å². The fourth-order valence-corrected chi connectivity index (χ4v) is 7.62. The minimum absolute atomic E-state index is 0.707. The quantitative estimate of drug-likeness (QED) is 0.231. The van der Waals surface area contributed by atoms with Crippen LogP contribution in [0.4, 0.5) is 0 Å². The molecule has 2 fully saturated rings. The molecule has 174 valence electrons. The topological polar surface area (TPSA) is 26.2 Å². The summed E-state index contributed by atoms with van der Waals surface area (Å²) in [4.78, 5) is 0. The third-order valence-electron chi connectivity index (χ3n) is 9.44. The van der Waals surface area contributed by atoms with E-state index in [4.69, 9.17) is 9.15 Å². The highest BCUT2D eigenvalue weighted by atomic mass is 16.5. The number of hydrogen-bond acceptors (Lipinski definition) is 2. The smallest absolute Gasteiger partial charge is 0.228 e. The summed E-state index contributed by atoms with van der Waals surface area (Å²) in [6, 6.07) is 13.6. The molecule has 0 amide bonds. The second-order valence-electron chi connectivity index (χ2n) is 11.4. The number of furan rings is 1. The van der Waals surface area contributed by atoms with Crippen molar-refractivity contribution in [2.45, 2.75) is 52.4 Å². The number of benzene rings is 3. The van der Waals surface area contributed by atoms with Gasteiger partial charge in [-0.2, -0.15) is 0 Å². The van der Waals surface area contributed by atoms with E-state index in [1.807, 2.05) is 0 Å². The number of aryl methyl sites for hydroxylation is 3.